The number of hydrogen-bond donors (Lipinski definition) is 3. The van der Waals surface area contributed by atoms with E-state index in [0.29, 0.717) is 5.65 Å². The van der Waals surface area contributed by atoms with Crippen molar-refractivity contribution in [2.45, 2.75) is 6.10 Å². The van der Waals surface area contributed by atoms with Crippen LogP contribution in [0.5, 0.6) is 0 Å². The molecular formula is C18H17BClFN4O4. The van der Waals surface area contributed by atoms with Gasteiger partial charge in [0.2, 0.25) is 0 Å². The van der Waals surface area contributed by atoms with Crippen LogP contribution in [0.15, 0.2) is 36.8 Å². The Morgan fingerprint density at radius 2 is 2.24 bits per heavy atom. The molecule has 3 N–H and O–H groups in total. The van der Waals surface area contributed by atoms with Crippen LogP contribution in [-0.4, -0.2) is 54.7 Å². The molecule has 11 heteroatoms. The van der Waals surface area contributed by atoms with Gasteiger partial charge >= 0.3 is 0 Å². The molecule has 0 aliphatic carbocycles. The van der Waals surface area contributed by atoms with Gasteiger partial charge in [0, 0.05) is 25.7 Å². The number of methoxy groups -OCH3 is 1. The summed E-state index contributed by atoms with van der Waals surface area (Å²) in [7, 11) is 7.00. The van der Waals surface area contributed by atoms with Crippen molar-refractivity contribution >= 4 is 47.8 Å². The normalized spacial score (nSPS) is 12.1. The highest BCUT2D eigenvalue weighted by atomic mass is 35.5. The standard InChI is InChI=1S/C18H17BClFN4O4/c1-28-8-11(26)9-29-24-18(27)12-7-25-5-4-22-17(25)15(20)16(12)23-14-3-2-10(19)6-13(14)21/h2-7,11,23,26H,8-9H2,1H3,(H,24,27). The number of nitrogens with zero attached hydrogens (tertiary/aromatic N) is 2. The Morgan fingerprint density at radius 3 is 2.97 bits per heavy atom. The van der Waals surface area contributed by atoms with Crippen LogP contribution in [-0.2, 0) is 9.57 Å². The van der Waals surface area contributed by atoms with Crippen molar-refractivity contribution in [3.63, 3.8) is 0 Å². The predicted octanol–water partition coefficient (Wildman–Crippen LogP) is 1.33. The van der Waals surface area contributed by atoms with Crippen LogP contribution in [0.25, 0.3) is 5.65 Å². The molecule has 8 nitrogen and oxygen atoms in total. The molecular weight excluding hydrogens is 401 g/mol. The number of halogens is 2. The molecule has 0 spiro atoms. The molecule has 1 amide bonds. The summed E-state index contributed by atoms with van der Waals surface area (Å²) in [5, 5.41) is 12.5. The number of anilines is 2. The molecule has 0 saturated heterocycles. The Morgan fingerprint density at radius 1 is 1.45 bits per heavy atom. The van der Waals surface area contributed by atoms with Gasteiger partial charge in [0.05, 0.1) is 23.5 Å². The zero-order chi connectivity index (χ0) is 21.0. The lowest BCUT2D eigenvalue weighted by atomic mass is 9.96. The van der Waals surface area contributed by atoms with Gasteiger partial charge in [-0.15, -0.1) is 0 Å². The van der Waals surface area contributed by atoms with Crippen LogP contribution in [0, 0.1) is 5.82 Å². The van der Waals surface area contributed by atoms with E-state index in [1.807, 2.05) is 0 Å². The number of hydrogen-bond acceptors (Lipinski definition) is 6. The number of imidazole rings is 1. The summed E-state index contributed by atoms with van der Waals surface area (Å²) < 4.78 is 20.6. The minimum atomic E-state index is -0.915. The fraction of sp³-hybridized carbons (Fsp3) is 0.222. The van der Waals surface area contributed by atoms with Gasteiger partial charge in [-0.2, -0.15) is 0 Å². The second kappa shape index (κ2) is 9.23. The van der Waals surface area contributed by atoms with E-state index in [4.69, 9.17) is 29.0 Å². The molecule has 1 unspecified atom stereocenters. The van der Waals surface area contributed by atoms with Gasteiger partial charge in [-0.3, -0.25) is 9.63 Å². The molecule has 1 atom stereocenters. The maximum atomic E-state index is 14.2. The number of ether oxygens (including phenoxy) is 1. The van der Waals surface area contributed by atoms with Crippen LogP contribution >= 0.6 is 11.6 Å². The minimum absolute atomic E-state index is 0.0475. The average Bonchev–Trinajstić information content (AvgIpc) is 3.14. The number of aliphatic hydroxyl groups is 1. The average molecular weight is 419 g/mol. The number of carbonyl (C=O) groups excluding carboxylic acids is 1. The highest BCUT2D eigenvalue weighted by Gasteiger charge is 2.20. The van der Waals surface area contributed by atoms with Crippen LogP contribution in [0.1, 0.15) is 10.4 Å². The first kappa shape index (κ1) is 21.1. The Bertz CT molecular complexity index is 1030. The highest BCUT2D eigenvalue weighted by molar-refractivity contribution is 6.37. The summed E-state index contributed by atoms with van der Waals surface area (Å²) in [5.41, 5.74) is 3.12. The van der Waals surface area contributed by atoms with Crippen LogP contribution in [0.3, 0.4) is 0 Å². The number of pyridine rings is 1. The van der Waals surface area contributed by atoms with E-state index in [1.54, 1.807) is 10.6 Å². The van der Waals surface area contributed by atoms with Crippen molar-refractivity contribution < 1.29 is 23.9 Å². The molecule has 1 aromatic carbocycles. The highest BCUT2D eigenvalue weighted by Crippen LogP contribution is 2.33. The molecule has 0 fully saturated rings. The molecule has 0 saturated carbocycles. The van der Waals surface area contributed by atoms with E-state index in [1.165, 1.54) is 31.6 Å². The van der Waals surface area contributed by atoms with Gasteiger partial charge < -0.3 is 19.6 Å². The van der Waals surface area contributed by atoms with Crippen molar-refractivity contribution in [2.24, 2.45) is 0 Å². The molecule has 29 heavy (non-hydrogen) atoms. The van der Waals surface area contributed by atoms with Gasteiger partial charge in [0.15, 0.2) is 5.65 Å². The fourth-order valence-electron chi connectivity index (χ4n) is 2.58. The summed E-state index contributed by atoms with van der Waals surface area (Å²) in [6.45, 7) is -0.137. The van der Waals surface area contributed by atoms with Gasteiger partial charge in [0.1, 0.15) is 31.4 Å². The Balaban J connectivity index is 1.90. The first-order valence-electron chi connectivity index (χ1n) is 8.47. The number of carbonyl (C=O) groups is 1. The maximum Gasteiger partial charge on any atom is 0.278 e. The number of amides is 1. The molecule has 3 rings (SSSR count). The lowest BCUT2D eigenvalue weighted by Gasteiger charge is -2.16. The van der Waals surface area contributed by atoms with Crippen molar-refractivity contribution in [3.05, 3.63) is 53.2 Å². The summed E-state index contributed by atoms with van der Waals surface area (Å²) in [6.07, 6.45) is 3.67. The van der Waals surface area contributed by atoms with Crippen LogP contribution in [0.2, 0.25) is 5.02 Å². The van der Waals surface area contributed by atoms with Crippen molar-refractivity contribution in [1.82, 2.24) is 14.9 Å². The SMILES string of the molecule is [B]c1ccc(Nc2c(C(=O)NOCC(O)COC)cn3ccnc3c2Cl)c(F)c1. The number of aromatic nitrogens is 2. The zero-order valence-electron chi connectivity index (χ0n) is 15.4. The summed E-state index contributed by atoms with van der Waals surface area (Å²) in [5.74, 6) is -1.28. The topological polar surface area (TPSA) is 97.1 Å². The molecule has 2 aromatic heterocycles. The molecule has 0 bridgehead atoms. The molecule has 3 aromatic rings. The maximum absolute atomic E-state index is 14.2. The van der Waals surface area contributed by atoms with Crippen molar-refractivity contribution in [2.75, 3.05) is 25.6 Å². The van der Waals surface area contributed by atoms with E-state index in [0.717, 1.165) is 6.07 Å². The number of rotatable bonds is 8. The second-order valence-electron chi connectivity index (χ2n) is 6.11. The monoisotopic (exact) mass is 418 g/mol. The third-order valence-corrected chi connectivity index (χ3v) is 4.28. The van der Waals surface area contributed by atoms with E-state index < -0.39 is 17.8 Å². The Labute approximate surface area is 172 Å². The number of benzene rings is 1. The Hall–Kier alpha value is -2.66. The lowest BCUT2D eigenvalue weighted by Crippen LogP contribution is -2.30. The number of nitrogens with one attached hydrogen (secondary N) is 2. The molecule has 0 aliphatic rings. The summed E-state index contributed by atoms with van der Waals surface area (Å²) in [4.78, 5) is 21.8. The van der Waals surface area contributed by atoms with Crippen LogP contribution in [0.4, 0.5) is 15.8 Å². The summed E-state index contributed by atoms with van der Waals surface area (Å²) in [6, 6.07) is 4.08. The van der Waals surface area contributed by atoms with Gasteiger partial charge in [-0.25, -0.2) is 14.9 Å². The second-order valence-corrected chi connectivity index (χ2v) is 6.48. The van der Waals surface area contributed by atoms with E-state index >= 15 is 0 Å². The van der Waals surface area contributed by atoms with E-state index in [2.05, 4.69) is 15.8 Å². The summed E-state index contributed by atoms with van der Waals surface area (Å²) >= 11 is 6.42. The quantitative estimate of drug-likeness (QED) is 0.377. The molecule has 2 heterocycles. The molecule has 0 aliphatic heterocycles. The zero-order valence-corrected chi connectivity index (χ0v) is 16.1. The predicted molar refractivity (Wildman–Crippen MR) is 107 cm³/mol. The van der Waals surface area contributed by atoms with Crippen LogP contribution < -0.4 is 16.3 Å². The minimum Gasteiger partial charge on any atom is -0.388 e. The van der Waals surface area contributed by atoms with Crippen molar-refractivity contribution in [1.29, 1.82) is 0 Å². The first-order chi connectivity index (χ1) is 13.9. The number of aliphatic hydroxyl groups excluding tert-OH is 1. The van der Waals surface area contributed by atoms with E-state index in [9.17, 15) is 14.3 Å². The largest absolute Gasteiger partial charge is 0.388 e. The van der Waals surface area contributed by atoms with Gasteiger partial charge in [0.25, 0.3) is 5.91 Å². The van der Waals surface area contributed by atoms with Crippen molar-refractivity contribution in [3.8, 4) is 0 Å². The first-order valence-corrected chi connectivity index (χ1v) is 8.84. The van der Waals surface area contributed by atoms with Gasteiger partial charge in [-0.05, 0) is 12.1 Å². The molecule has 2 radical (unpaired) electrons. The third kappa shape index (κ3) is 4.85. The fourth-order valence-corrected chi connectivity index (χ4v) is 2.88. The lowest BCUT2D eigenvalue weighted by molar-refractivity contribution is -0.0365. The molecule has 150 valence electrons. The smallest absolute Gasteiger partial charge is 0.278 e. The number of hydroxylamine groups is 1. The third-order valence-electron chi connectivity index (χ3n) is 3.92. The number of fused-ring (bicyclic) bond motifs is 1. The van der Waals surface area contributed by atoms with Gasteiger partial charge in [-0.1, -0.05) is 23.1 Å². The Kier molecular flexibility index (Phi) is 6.70. The van der Waals surface area contributed by atoms with E-state index in [-0.39, 0.29) is 40.6 Å².